The van der Waals surface area contributed by atoms with Crippen LogP contribution in [0.1, 0.15) is 12.5 Å². The Bertz CT molecular complexity index is 936. The molecule has 0 unspecified atom stereocenters. The first-order valence-electron chi connectivity index (χ1n) is 9.62. The largest absolute Gasteiger partial charge is 0.339 e. The summed E-state index contributed by atoms with van der Waals surface area (Å²) in [4.78, 5) is 26.1. The molecule has 3 aromatic rings. The Morgan fingerprint density at radius 2 is 1.71 bits per heavy atom. The Labute approximate surface area is 169 Å². The third-order valence-electron chi connectivity index (χ3n) is 5.08. The molecule has 2 aromatic carbocycles. The first kappa shape index (κ1) is 18.9. The fraction of sp³-hybridized carbons (Fsp3) is 0.318. The van der Waals surface area contributed by atoms with Gasteiger partial charge in [-0.3, -0.25) is 9.69 Å². The highest BCUT2D eigenvalue weighted by Gasteiger charge is 2.26. The quantitative estimate of drug-likeness (QED) is 0.492. The Morgan fingerprint density at radius 3 is 2.50 bits per heavy atom. The van der Waals surface area contributed by atoms with Crippen LogP contribution < -0.4 is 0 Å². The van der Waals surface area contributed by atoms with Gasteiger partial charge in [0.15, 0.2) is 0 Å². The van der Waals surface area contributed by atoms with Crippen LogP contribution in [-0.4, -0.2) is 57.1 Å². The molecule has 2 heterocycles. The van der Waals surface area contributed by atoms with Crippen molar-refractivity contribution < 1.29 is 4.79 Å². The number of amides is 1. The highest BCUT2D eigenvalue weighted by atomic mass is 32.2. The first-order chi connectivity index (χ1) is 13.7. The molecule has 0 bridgehead atoms. The van der Waals surface area contributed by atoms with Gasteiger partial charge in [-0.2, -0.15) is 0 Å². The second kappa shape index (κ2) is 8.71. The molecule has 0 aliphatic carbocycles. The fourth-order valence-corrected chi connectivity index (χ4v) is 4.51. The number of aromatic nitrogens is 2. The average molecular weight is 393 g/mol. The van der Waals surface area contributed by atoms with E-state index in [0.717, 1.165) is 48.7 Å². The van der Waals surface area contributed by atoms with Gasteiger partial charge >= 0.3 is 0 Å². The Kier molecular flexibility index (Phi) is 5.88. The van der Waals surface area contributed by atoms with E-state index in [1.807, 2.05) is 42.2 Å². The maximum atomic E-state index is 12.9. The van der Waals surface area contributed by atoms with Crippen LogP contribution in [0.5, 0.6) is 0 Å². The molecule has 5 nitrogen and oxygen atoms in total. The number of fused-ring (bicyclic) bond motifs is 1. The summed E-state index contributed by atoms with van der Waals surface area (Å²) < 4.78 is 0. The van der Waals surface area contributed by atoms with Crippen molar-refractivity contribution in [1.82, 2.24) is 19.8 Å². The van der Waals surface area contributed by atoms with Gasteiger partial charge in [0.05, 0.1) is 10.8 Å². The van der Waals surface area contributed by atoms with Crippen molar-refractivity contribution in [3.05, 3.63) is 66.5 Å². The molecule has 4 rings (SSSR count). The number of para-hydroxylation sites is 1. The minimum Gasteiger partial charge on any atom is -0.339 e. The standard InChI is InChI=1S/C22H24N4OS/c1-17(28-21-19-9-5-6-10-20(19)23-16-24-21)22(27)26-13-11-25(12-14-26)15-18-7-3-2-4-8-18/h2-10,16-17H,11-15H2,1H3/t17-/m0/s1. The van der Waals surface area contributed by atoms with Gasteiger partial charge in [0.2, 0.25) is 5.91 Å². The predicted molar refractivity (Wildman–Crippen MR) is 113 cm³/mol. The van der Waals surface area contributed by atoms with Gasteiger partial charge < -0.3 is 4.90 Å². The summed E-state index contributed by atoms with van der Waals surface area (Å²) in [6.07, 6.45) is 1.57. The van der Waals surface area contributed by atoms with Gasteiger partial charge in [0.25, 0.3) is 0 Å². The average Bonchev–Trinajstić information content (AvgIpc) is 2.75. The molecule has 0 radical (unpaired) electrons. The number of nitrogens with zero attached hydrogens (tertiary/aromatic N) is 4. The normalized spacial score (nSPS) is 16.2. The minimum atomic E-state index is -0.168. The number of carbonyl (C=O) groups excluding carboxylic acids is 1. The van der Waals surface area contributed by atoms with Crippen LogP contribution in [0.25, 0.3) is 10.9 Å². The van der Waals surface area contributed by atoms with Crippen LogP contribution in [-0.2, 0) is 11.3 Å². The van der Waals surface area contributed by atoms with Crippen LogP contribution >= 0.6 is 11.8 Å². The number of piperazine rings is 1. The van der Waals surface area contributed by atoms with E-state index < -0.39 is 0 Å². The van der Waals surface area contributed by atoms with Crippen molar-refractivity contribution >= 4 is 28.6 Å². The summed E-state index contributed by atoms with van der Waals surface area (Å²) in [6, 6.07) is 18.4. The molecule has 0 spiro atoms. The lowest BCUT2D eigenvalue weighted by molar-refractivity contribution is -0.132. The smallest absolute Gasteiger partial charge is 0.235 e. The molecule has 6 heteroatoms. The van der Waals surface area contributed by atoms with E-state index in [-0.39, 0.29) is 11.2 Å². The highest BCUT2D eigenvalue weighted by Crippen LogP contribution is 2.28. The van der Waals surface area contributed by atoms with Crippen LogP contribution in [0.3, 0.4) is 0 Å². The third kappa shape index (κ3) is 4.34. The van der Waals surface area contributed by atoms with Crippen LogP contribution in [0.4, 0.5) is 0 Å². The number of rotatable bonds is 5. The molecule has 0 N–H and O–H groups in total. The summed E-state index contributed by atoms with van der Waals surface area (Å²) >= 11 is 1.52. The first-order valence-corrected chi connectivity index (χ1v) is 10.5. The monoisotopic (exact) mass is 392 g/mol. The van der Waals surface area contributed by atoms with Crippen LogP contribution in [0.2, 0.25) is 0 Å². The summed E-state index contributed by atoms with van der Waals surface area (Å²) in [6.45, 7) is 6.30. The van der Waals surface area contributed by atoms with Crippen molar-refractivity contribution in [1.29, 1.82) is 0 Å². The minimum absolute atomic E-state index is 0.168. The van der Waals surface area contributed by atoms with Crippen molar-refractivity contribution in [2.75, 3.05) is 26.2 Å². The van der Waals surface area contributed by atoms with E-state index in [1.165, 1.54) is 17.3 Å². The summed E-state index contributed by atoms with van der Waals surface area (Å²) in [7, 11) is 0. The van der Waals surface area contributed by atoms with Crippen molar-refractivity contribution in [2.24, 2.45) is 0 Å². The number of hydrogen-bond acceptors (Lipinski definition) is 5. The number of carbonyl (C=O) groups is 1. The molecule has 0 saturated carbocycles. The van der Waals surface area contributed by atoms with E-state index in [4.69, 9.17) is 0 Å². The maximum absolute atomic E-state index is 12.9. The third-order valence-corrected chi connectivity index (χ3v) is 6.18. The van der Waals surface area contributed by atoms with E-state index in [0.29, 0.717) is 0 Å². The number of benzene rings is 2. The number of thioether (sulfide) groups is 1. The molecule has 1 aliphatic heterocycles. The Balaban J connectivity index is 1.34. The molecule has 1 atom stereocenters. The second-order valence-corrected chi connectivity index (χ2v) is 8.37. The summed E-state index contributed by atoms with van der Waals surface area (Å²) in [5, 5.41) is 1.70. The molecule has 28 heavy (non-hydrogen) atoms. The molecule has 1 aromatic heterocycles. The van der Waals surface area contributed by atoms with Gasteiger partial charge in [-0.1, -0.05) is 60.3 Å². The maximum Gasteiger partial charge on any atom is 0.235 e. The number of hydrogen-bond donors (Lipinski definition) is 0. The van der Waals surface area contributed by atoms with E-state index in [9.17, 15) is 4.79 Å². The van der Waals surface area contributed by atoms with Gasteiger partial charge in [0, 0.05) is 38.1 Å². The van der Waals surface area contributed by atoms with Gasteiger partial charge in [-0.25, -0.2) is 9.97 Å². The van der Waals surface area contributed by atoms with Crippen molar-refractivity contribution in [3.8, 4) is 0 Å². The highest BCUT2D eigenvalue weighted by molar-refractivity contribution is 8.00. The molecule has 1 saturated heterocycles. The molecular formula is C22H24N4OS. The zero-order chi connectivity index (χ0) is 19.3. The molecule has 1 amide bonds. The zero-order valence-electron chi connectivity index (χ0n) is 16.0. The summed E-state index contributed by atoms with van der Waals surface area (Å²) in [5.74, 6) is 0.187. The lowest BCUT2D eigenvalue weighted by Crippen LogP contribution is -2.50. The lowest BCUT2D eigenvalue weighted by atomic mass is 10.2. The summed E-state index contributed by atoms with van der Waals surface area (Å²) in [5.41, 5.74) is 2.23. The molecule has 144 valence electrons. The Hall–Kier alpha value is -2.44. The fourth-order valence-electron chi connectivity index (χ4n) is 3.52. The SMILES string of the molecule is C[C@H](Sc1ncnc2ccccc12)C(=O)N1CCN(Cc2ccccc2)CC1. The van der Waals surface area contributed by atoms with Crippen LogP contribution in [0.15, 0.2) is 66.0 Å². The van der Waals surface area contributed by atoms with E-state index >= 15 is 0 Å². The van der Waals surface area contributed by atoms with Gasteiger partial charge in [-0.15, -0.1) is 0 Å². The van der Waals surface area contributed by atoms with Crippen LogP contribution in [0, 0.1) is 0 Å². The predicted octanol–water partition coefficient (Wildman–Crippen LogP) is 3.45. The second-order valence-electron chi connectivity index (χ2n) is 7.04. The lowest BCUT2D eigenvalue weighted by Gasteiger charge is -2.35. The van der Waals surface area contributed by atoms with Crippen molar-refractivity contribution in [2.45, 2.75) is 23.7 Å². The van der Waals surface area contributed by atoms with Gasteiger partial charge in [0.1, 0.15) is 11.4 Å². The molecule has 1 aliphatic rings. The van der Waals surface area contributed by atoms with Crippen molar-refractivity contribution in [3.63, 3.8) is 0 Å². The molecular weight excluding hydrogens is 368 g/mol. The Morgan fingerprint density at radius 1 is 1.00 bits per heavy atom. The van der Waals surface area contributed by atoms with E-state index in [1.54, 1.807) is 6.33 Å². The van der Waals surface area contributed by atoms with E-state index in [2.05, 4.69) is 39.1 Å². The molecule has 1 fully saturated rings. The zero-order valence-corrected chi connectivity index (χ0v) is 16.8. The van der Waals surface area contributed by atoms with Gasteiger partial charge in [-0.05, 0) is 18.6 Å². The topological polar surface area (TPSA) is 49.3 Å².